The third-order valence-corrected chi connectivity index (χ3v) is 4.56. The highest BCUT2D eigenvalue weighted by atomic mass is 16.5. The lowest BCUT2D eigenvalue weighted by atomic mass is 9.89. The van der Waals surface area contributed by atoms with E-state index in [4.69, 9.17) is 4.74 Å². The number of carbonyl (C=O) groups excluding carboxylic acids is 1. The van der Waals surface area contributed by atoms with Gasteiger partial charge in [0.25, 0.3) is 5.91 Å². The number of benzene rings is 1. The minimum absolute atomic E-state index is 0.0419. The Morgan fingerprint density at radius 1 is 1.29 bits per heavy atom. The van der Waals surface area contributed by atoms with Gasteiger partial charge in [-0.05, 0) is 50.7 Å². The average molecular weight is 289 g/mol. The molecule has 21 heavy (non-hydrogen) atoms. The van der Waals surface area contributed by atoms with Crippen molar-refractivity contribution >= 4 is 5.91 Å². The summed E-state index contributed by atoms with van der Waals surface area (Å²) < 4.78 is 5.71. The number of ether oxygens (including phenoxy) is 1. The molecule has 4 nitrogen and oxygen atoms in total. The first kappa shape index (κ1) is 14.4. The zero-order valence-electron chi connectivity index (χ0n) is 13.0. The smallest absolute Gasteiger partial charge is 0.260 e. The molecule has 2 fully saturated rings. The molecule has 2 aliphatic rings. The largest absolute Gasteiger partial charge is 0.483 e. The van der Waals surface area contributed by atoms with Gasteiger partial charge in [0.1, 0.15) is 11.4 Å². The lowest BCUT2D eigenvalue weighted by molar-refractivity contribution is -0.161. The van der Waals surface area contributed by atoms with E-state index in [0.29, 0.717) is 19.0 Å². The van der Waals surface area contributed by atoms with Crippen molar-refractivity contribution in [3.05, 3.63) is 28.8 Å². The molecule has 4 heteroatoms. The molecule has 1 saturated heterocycles. The summed E-state index contributed by atoms with van der Waals surface area (Å²) in [5, 5.41) is 10.2. The molecule has 3 rings (SSSR count). The standard InChI is InChI=1S/C17H23NO3/c1-11-6-12(2)16(13(3)7-11)21-8-15(19)18-9-17(20,10-18)14-4-5-14/h6-7,14,20H,4-5,8-10H2,1-3H3. The molecule has 1 heterocycles. The Bertz CT molecular complexity index is 548. The number of aryl methyl sites for hydroxylation is 3. The zero-order chi connectivity index (χ0) is 15.2. The van der Waals surface area contributed by atoms with Crippen LogP contribution >= 0.6 is 0 Å². The topological polar surface area (TPSA) is 49.8 Å². The van der Waals surface area contributed by atoms with Crippen LogP contribution in [0.3, 0.4) is 0 Å². The molecule has 0 spiro atoms. The lowest BCUT2D eigenvalue weighted by Gasteiger charge is -2.46. The Hall–Kier alpha value is -1.55. The Morgan fingerprint density at radius 2 is 1.86 bits per heavy atom. The third kappa shape index (κ3) is 2.77. The van der Waals surface area contributed by atoms with Gasteiger partial charge in [-0.1, -0.05) is 17.7 Å². The van der Waals surface area contributed by atoms with Gasteiger partial charge in [0.2, 0.25) is 0 Å². The SMILES string of the molecule is Cc1cc(C)c(OCC(=O)N2CC(O)(C3CC3)C2)c(C)c1. The van der Waals surface area contributed by atoms with E-state index in [0.717, 1.165) is 29.7 Å². The summed E-state index contributed by atoms with van der Waals surface area (Å²) in [4.78, 5) is 13.8. The monoisotopic (exact) mass is 289 g/mol. The molecule has 1 aliphatic heterocycles. The van der Waals surface area contributed by atoms with Crippen LogP contribution in [0.5, 0.6) is 5.75 Å². The van der Waals surface area contributed by atoms with E-state index in [1.54, 1.807) is 4.90 Å². The molecule has 0 radical (unpaired) electrons. The van der Waals surface area contributed by atoms with Gasteiger partial charge in [0, 0.05) is 0 Å². The van der Waals surface area contributed by atoms with E-state index in [-0.39, 0.29) is 12.5 Å². The number of carbonyl (C=O) groups is 1. The summed E-state index contributed by atoms with van der Waals surface area (Å²) in [7, 11) is 0. The molecule has 0 bridgehead atoms. The highest BCUT2D eigenvalue weighted by molar-refractivity contribution is 5.79. The Balaban J connectivity index is 1.55. The molecule has 1 aromatic rings. The molecular formula is C17H23NO3. The molecule has 1 amide bonds. The predicted molar refractivity (Wildman–Crippen MR) is 80.4 cm³/mol. The first-order chi connectivity index (χ1) is 9.89. The number of β-amino-alcohol motifs (C(OH)–C–C–N with tert-alkyl or cyclic N) is 1. The lowest BCUT2D eigenvalue weighted by Crippen LogP contribution is -2.65. The van der Waals surface area contributed by atoms with Gasteiger partial charge in [-0.15, -0.1) is 0 Å². The van der Waals surface area contributed by atoms with Crippen LogP contribution in [0, 0.1) is 26.7 Å². The Morgan fingerprint density at radius 3 is 2.38 bits per heavy atom. The van der Waals surface area contributed by atoms with Crippen molar-refractivity contribution < 1.29 is 14.6 Å². The van der Waals surface area contributed by atoms with Crippen LogP contribution in [-0.2, 0) is 4.79 Å². The van der Waals surface area contributed by atoms with Crippen LogP contribution in [0.15, 0.2) is 12.1 Å². The summed E-state index contributed by atoms with van der Waals surface area (Å²) in [6, 6.07) is 4.12. The van der Waals surface area contributed by atoms with Gasteiger partial charge in [-0.2, -0.15) is 0 Å². The second-order valence-electron chi connectivity index (χ2n) is 6.64. The summed E-state index contributed by atoms with van der Waals surface area (Å²) >= 11 is 0. The van der Waals surface area contributed by atoms with Gasteiger partial charge < -0.3 is 14.7 Å². The number of hydrogen-bond donors (Lipinski definition) is 1. The average Bonchev–Trinajstić information content (AvgIpc) is 3.17. The molecule has 1 aliphatic carbocycles. The van der Waals surface area contributed by atoms with Crippen LogP contribution in [0.4, 0.5) is 0 Å². The molecule has 0 atom stereocenters. The molecule has 114 valence electrons. The first-order valence-electron chi connectivity index (χ1n) is 7.60. The van der Waals surface area contributed by atoms with E-state index in [1.165, 1.54) is 5.56 Å². The second-order valence-corrected chi connectivity index (χ2v) is 6.64. The molecule has 0 aromatic heterocycles. The maximum Gasteiger partial charge on any atom is 0.260 e. The normalized spacial score (nSPS) is 20.1. The number of likely N-dealkylation sites (tertiary alicyclic amines) is 1. The molecule has 0 unspecified atom stereocenters. The van der Waals surface area contributed by atoms with Gasteiger partial charge in [-0.25, -0.2) is 0 Å². The minimum Gasteiger partial charge on any atom is -0.483 e. The van der Waals surface area contributed by atoms with E-state index >= 15 is 0 Å². The van der Waals surface area contributed by atoms with E-state index in [2.05, 4.69) is 12.1 Å². The quantitative estimate of drug-likeness (QED) is 0.922. The summed E-state index contributed by atoms with van der Waals surface area (Å²) in [6.07, 6.45) is 2.19. The van der Waals surface area contributed by atoms with Crippen LogP contribution in [-0.4, -0.2) is 41.2 Å². The van der Waals surface area contributed by atoms with Crippen molar-refractivity contribution in [2.24, 2.45) is 5.92 Å². The van der Waals surface area contributed by atoms with Gasteiger partial charge in [-0.3, -0.25) is 4.79 Å². The van der Waals surface area contributed by atoms with Crippen molar-refractivity contribution in [1.29, 1.82) is 0 Å². The van der Waals surface area contributed by atoms with Crippen molar-refractivity contribution in [2.75, 3.05) is 19.7 Å². The maximum absolute atomic E-state index is 12.1. The fourth-order valence-corrected chi connectivity index (χ4v) is 3.29. The number of hydrogen-bond acceptors (Lipinski definition) is 3. The van der Waals surface area contributed by atoms with Crippen LogP contribution in [0.25, 0.3) is 0 Å². The van der Waals surface area contributed by atoms with Crippen molar-refractivity contribution in [3.8, 4) is 5.75 Å². The second kappa shape index (κ2) is 5.02. The number of amides is 1. The predicted octanol–water partition coefficient (Wildman–Crippen LogP) is 1.97. The summed E-state index contributed by atoms with van der Waals surface area (Å²) in [6.45, 7) is 7.02. The Kier molecular flexibility index (Phi) is 3.44. The first-order valence-corrected chi connectivity index (χ1v) is 7.60. The zero-order valence-corrected chi connectivity index (χ0v) is 13.0. The Labute approximate surface area is 125 Å². The fourth-order valence-electron chi connectivity index (χ4n) is 3.29. The van der Waals surface area contributed by atoms with Gasteiger partial charge in [0.05, 0.1) is 13.1 Å². The molecular weight excluding hydrogens is 266 g/mol. The molecule has 1 N–H and O–H groups in total. The number of aliphatic hydroxyl groups is 1. The summed E-state index contributed by atoms with van der Waals surface area (Å²) in [5.41, 5.74) is 2.68. The summed E-state index contributed by atoms with van der Waals surface area (Å²) in [5.74, 6) is 1.16. The number of nitrogens with zero attached hydrogens (tertiary/aromatic N) is 1. The highest BCUT2D eigenvalue weighted by Crippen LogP contribution is 2.44. The third-order valence-electron chi connectivity index (χ3n) is 4.56. The van der Waals surface area contributed by atoms with E-state index in [9.17, 15) is 9.90 Å². The van der Waals surface area contributed by atoms with Gasteiger partial charge >= 0.3 is 0 Å². The van der Waals surface area contributed by atoms with Gasteiger partial charge in [0.15, 0.2) is 6.61 Å². The van der Waals surface area contributed by atoms with Crippen LogP contribution < -0.4 is 4.74 Å². The van der Waals surface area contributed by atoms with Crippen LogP contribution in [0.2, 0.25) is 0 Å². The van der Waals surface area contributed by atoms with Crippen molar-refractivity contribution in [2.45, 2.75) is 39.2 Å². The van der Waals surface area contributed by atoms with Crippen molar-refractivity contribution in [1.82, 2.24) is 4.90 Å². The highest BCUT2D eigenvalue weighted by Gasteiger charge is 2.53. The van der Waals surface area contributed by atoms with E-state index < -0.39 is 5.60 Å². The van der Waals surface area contributed by atoms with E-state index in [1.807, 2.05) is 20.8 Å². The number of rotatable bonds is 4. The van der Waals surface area contributed by atoms with Crippen molar-refractivity contribution in [3.63, 3.8) is 0 Å². The maximum atomic E-state index is 12.1. The van der Waals surface area contributed by atoms with Crippen LogP contribution in [0.1, 0.15) is 29.5 Å². The minimum atomic E-state index is -0.620. The molecule has 1 saturated carbocycles. The molecule has 1 aromatic carbocycles. The fraction of sp³-hybridized carbons (Fsp3) is 0.588.